The molecule has 0 spiro atoms. The molecule has 12 heteroatoms. The van der Waals surface area contributed by atoms with Gasteiger partial charge in [0.15, 0.2) is 0 Å². The molecule has 5 aliphatic heterocycles. The summed E-state index contributed by atoms with van der Waals surface area (Å²) < 4.78 is 5.79. The molecule has 0 aromatic heterocycles. The number of hydrogen-bond acceptors (Lipinski definition) is 9. The summed E-state index contributed by atoms with van der Waals surface area (Å²) in [5.41, 5.74) is 5.86. The summed E-state index contributed by atoms with van der Waals surface area (Å²) in [6.07, 6.45) is 1.80. The first kappa shape index (κ1) is 25.0. The van der Waals surface area contributed by atoms with Crippen LogP contribution in [0, 0.1) is 23.7 Å². The Hall–Kier alpha value is -0.660. The minimum absolute atomic E-state index is 0.0101. The number of thioether (sulfide) groups is 1. The Morgan fingerprint density at radius 2 is 1.85 bits per heavy atom. The average molecular weight is 516 g/mol. The highest BCUT2D eigenvalue weighted by molar-refractivity contribution is 8.00. The van der Waals surface area contributed by atoms with Crippen LogP contribution < -0.4 is 32.1 Å². The molecule has 6 N–H and O–H groups in total. The molecule has 0 aromatic rings. The van der Waals surface area contributed by atoms with Gasteiger partial charge in [-0.1, -0.05) is 0 Å². The summed E-state index contributed by atoms with van der Waals surface area (Å²) in [5.74, 6) is 0.659. The molecule has 192 valence electrons. The van der Waals surface area contributed by atoms with Gasteiger partial charge in [0, 0.05) is 63.7 Å². The molecule has 0 radical (unpaired) electrons. The van der Waals surface area contributed by atoms with Crippen molar-refractivity contribution in [1.82, 2.24) is 37.0 Å². The van der Waals surface area contributed by atoms with E-state index in [1.807, 2.05) is 4.90 Å². The van der Waals surface area contributed by atoms with E-state index in [1.54, 1.807) is 18.9 Å². The summed E-state index contributed by atoms with van der Waals surface area (Å²) in [6.45, 7) is 6.37. The van der Waals surface area contributed by atoms with Gasteiger partial charge >= 0.3 is 0 Å². The van der Waals surface area contributed by atoms with Crippen LogP contribution in [0.4, 0.5) is 0 Å². The number of ether oxygens (including phenoxy) is 1. The van der Waals surface area contributed by atoms with E-state index in [9.17, 15) is 9.59 Å². The number of likely N-dealkylation sites (tertiary alicyclic amines) is 1. The maximum absolute atomic E-state index is 13.5. The number of piperidine rings is 2. The topological polar surface area (TPSA) is 119 Å². The second-order valence-electron chi connectivity index (χ2n) is 10.4. The molecule has 5 heterocycles. The number of alkyl halides is 1. The van der Waals surface area contributed by atoms with Crippen molar-refractivity contribution in [1.29, 1.82) is 0 Å². The van der Waals surface area contributed by atoms with Gasteiger partial charge < -0.3 is 20.3 Å². The van der Waals surface area contributed by atoms with E-state index in [2.05, 4.69) is 39.0 Å². The van der Waals surface area contributed by atoms with Crippen LogP contribution >= 0.6 is 23.4 Å². The zero-order valence-corrected chi connectivity index (χ0v) is 21.5. The summed E-state index contributed by atoms with van der Waals surface area (Å²) in [7, 11) is 1.75. The quantitative estimate of drug-likeness (QED) is 0.199. The van der Waals surface area contributed by atoms with E-state index in [0.29, 0.717) is 44.0 Å². The highest BCUT2D eigenvalue weighted by atomic mass is 35.5. The van der Waals surface area contributed by atoms with Gasteiger partial charge in [-0.2, -0.15) is 0 Å². The fraction of sp³-hybridized carbons (Fsp3) is 0.909. The van der Waals surface area contributed by atoms with Gasteiger partial charge in [-0.05, 0) is 31.6 Å². The number of hydrazine groups is 1. The minimum atomic E-state index is -0.124. The molecule has 0 aliphatic carbocycles. The van der Waals surface area contributed by atoms with Crippen molar-refractivity contribution in [2.75, 3.05) is 46.4 Å². The van der Waals surface area contributed by atoms with E-state index in [-0.39, 0.29) is 58.6 Å². The number of hydrogen-bond donors (Lipinski definition) is 6. The third-order valence-corrected chi connectivity index (χ3v) is 9.90. The molecule has 5 aliphatic rings. The van der Waals surface area contributed by atoms with Crippen molar-refractivity contribution >= 4 is 35.2 Å². The van der Waals surface area contributed by atoms with E-state index < -0.39 is 0 Å². The Morgan fingerprint density at radius 3 is 2.59 bits per heavy atom. The van der Waals surface area contributed by atoms with E-state index in [1.165, 1.54) is 0 Å². The number of methoxy groups -OCH3 is 1. The van der Waals surface area contributed by atoms with Crippen LogP contribution in [0.3, 0.4) is 0 Å². The molecular weight excluding hydrogens is 478 g/mol. The highest BCUT2D eigenvalue weighted by Gasteiger charge is 2.47. The van der Waals surface area contributed by atoms with Crippen molar-refractivity contribution in [2.24, 2.45) is 23.7 Å². The lowest BCUT2D eigenvalue weighted by molar-refractivity contribution is -0.133. The summed E-state index contributed by atoms with van der Waals surface area (Å²) in [5, 5.41) is 13.9. The number of halogens is 1. The summed E-state index contributed by atoms with van der Waals surface area (Å²) in [4.78, 5) is 28.2. The lowest BCUT2D eigenvalue weighted by atomic mass is 9.70. The van der Waals surface area contributed by atoms with E-state index in [4.69, 9.17) is 16.3 Å². The minimum Gasteiger partial charge on any atom is -0.380 e. The lowest BCUT2D eigenvalue weighted by Crippen LogP contribution is -2.57. The second-order valence-corrected chi connectivity index (χ2v) is 12.3. The Labute approximate surface area is 210 Å². The number of carbonyl (C=O) groups is 2. The zero-order chi connectivity index (χ0) is 23.8. The first-order valence-corrected chi connectivity index (χ1v) is 13.9. The van der Waals surface area contributed by atoms with E-state index >= 15 is 0 Å². The fourth-order valence-corrected chi connectivity index (χ4v) is 8.04. The Bertz CT molecular complexity index is 746. The monoisotopic (exact) mass is 515 g/mol. The summed E-state index contributed by atoms with van der Waals surface area (Å²) >= 11 is 8.19. The first-order valence-electron chi connectivity index (χ1n) is 12.5. The van der Waals surface area contributed by atoms with Crippen LogP contribution in [0.2, 0.25) is 0 Å². The van der Waals surface area contributed by atoms with Crippen LogP contribution in [-0.2, 0) is 14.3 Å². The molecule has 10 nitrogen and oxygen atoms in total. The van der Waals surface area contributed by atoms with Crippen LogP contribution in [0.25, 0.3) is 0 Å². The van der Waals surface area contributed by atoms with Gasteiger partial charge in [0.1, 0.15) is 5.50 Å². The molecule has 5 fully saturated rings. The smallest absolute Gasteiger partial charge is 0.228 e. The SMILES string of the molecule is COC1CNC(Cl)CC1C1CC(C)NCC1C(=O)NC1NC2CN(C(=O)C3CNNC3)CC2S1. The molecule has 34 heavy (non-hydrogen) atoms. The summed E-state index contributed by atoms with van der Waals surface area (Å²) in [6, 6.07) is 0.573. The molecule has 9 unspecified atom stereocenters. The van der Waals surface area contributed by atoms with Gasteiger partial charge in [0.25, 0.3) is 0 Å². The Kier molecular flexibility index (Phi) is 7.91. The average Bonchev–Trinajstić information content (AvgIpc) is 3.55. The predicted molar refractivity (Wildman–Crippen MR) is 132 cm³/mol. The Morgan fingerprint density at radius 1 is 1.06 bits per heavy atom. The number of fused-ring (bicyclic) bond motifs is 1. The zero-order valence-electron chi connectivity index (χ0n) is 19.9. The number of nitrogens with one attached hydrogen (secondary N) is 6. The fourth-order valence-electron chi connectivity index (χ4n) is 6.34. The lowest BCUT2D eigenvalue weighted by Gasteiger charge is -2.45. The largest absolute Gasteiger partial charge is 0.380 e. The maximum Gasteiger partial charge on any atom is 0.228 e. The number of nitrogens with zero attached hydrogens (tertiary/aromatic N) is 1. The number of carbonyl (C=O) groups excluding carboxylic acids is 2. The predicted octanol–water partition coefficient (Wildman–Crippen LogP) is -1.17. The van der Waals surface area contributed by atoms with Crippen molar-refractivity contribution < 1.29 is 14.3 Å². The molecule has 5 saturated heterocycles. The van der Waals surface area contributed by atoms with Crippen LogP contribution in [0.15, 0.2) is 0 Å². The van der Waals surface area contributed by atoms with Gasteiger partial charge in [-0.15, -0.1) is 23.4 Å². The van der Waals surface area contributed by atoms with Gasteiger partial charge in [0.05, 0.1) is 23.4 Å². The molecule has 0 saturated carbocycles. The van der Waals surface area contributed by atoms with Crippen molar-refractivity contribution in [2.45, 2.75) is 54.2 Å². The highest BCUT2D eigenvalue weighted by Crippen LogP contribution is 2.38. The Balaban J connectivity index is 1.17. The molecule has 2 amide bonds. The molecule has 0 bridgehead atoms. The maximum atomic E-state index is 13.5. The normalized spacial score (nSPS) is 43.1. The van der Waals surface area contributed by atoms with Gasteiger partial charge in [0.2, 0.25) is 11.8 Å². The number of amides is 2. The second kappa shape index (κ2) is 10.8. The molecule has 0 aromatic carbocycles. The standard InChI is InChI=1S/C22H38ClN7O3S/c1-11-3-13(14-4-19(23)25-8-17(14)33-2)15(7-24-11)20(31)29-22-28-16-9-30(10-18(16)34-22)21(32)12-5-26-27-6-12/h11-19,22,24-28H,3-10H2,1-2H3,(H,29,31). The van der Waals surface area contributed by atoms with Crippen molar-refractivity contribution in [3.05, 3.63) is 0 Å². The van der Waals surface area contributed by atoms with Gasteiger partial charge in [-0.25, -0.2) is 0 Å². The first-order chi connectivity index (χ1) is 16.4. The van der Waals surface area contributed by atoms with Crippen LogP contribution in [-0.4, -0.2) is 97.5 Å². The van der Waals surface area contributed by atoms with Crippen LogP contribution in [0.5, 0.6) is 0 Å². The number of rotatable bonds is 5. The van der Waals surface area contributed by atoms with Crippen molar-refractivity contribution in [3.8, 4) is 0 Å². The third-order valence-electron chi connectivity index (χ3n) is 8.21. The van der Waals surface area contributed by atoms with Crippen molar-refractivity contribution in [3.63, 3.8) is 0 Å². The molecule has 5 rings (SSSR count). The molecular formula is C22H38ClN7O3S. The molecule has 9 atom stereocenters. The van der Waals surface area contributed by atoms with E-state index in [0.717, 1.165) is 19.4 Å². The van der Waals surface area contributed by atoms with Crippen LogP contribution in [0.1, 0.15) is 19.8 Å². The third kappa shape index (κ3) is 5.22. The van der Waals surface area contributed by atoms with Gasteiger partial charge in [-0.3, -0.25) is 31.1 Å².